The summed E-state index contributed by atoms with van der Waals surface area (Å²) in [6.07, 6.45) is -0.712. The molecule has 0 aliphatic carbocycles. The number of nitrogens with one attached hydrogen (secondary N) is 1. The van der Waals surface area contributed by atoms with Crippen molar-refractivity contribution in [1.82, 2.24) is 5.32 Å². The van der Waals surface area contributed by atoms with E-state index in [9.17, 15) is 9.36 Å². The molecule has 146 valence electrons. The fourth-order valence-corrected chi connectivity index (χ4v) is 4.38. The molecule has 0 aromatic heterocycles. The molecule has 0 radical (unpaired) electrons. The molecule has 0 saturated carbocycles. The van der Waals surface area contributed by atoms with Gasteiger partial charge in [-0.15, -0.1) is 0 Å². The molecule has 6 nitrogen and oxygen atoms in total. The van der Waals surface area contributed by atoms with Crippen LogP contribution < -0.4 is 5.32 Å². The third-order valence-electron chi connectivity index (χ3n) is 4.41. The molecule has 0 aliphatic heterocycles. The highest BCUT2D eigenvalue weighted by molar-refractivity contribution is 7.54. The lowest BCUT2D eigenvalue weighted by Crippen LogP contribution is -2.30. The van der Waals surface area contributed by atoms with Gasteiger partial charge in [0.1, 0.15) is 6.61 Å². The molecule has 1 N–H and O–H groups in total. The van der Waals surface area contributed by atoms with Gasteiger partial charge in [0, 0.05) is 14.2 Å². The van der Waals surface area contributed by atoms with Crippen molar-refractivity contribution >= 4 is 24.5 Å². The van der Waals surface area contributed by atoms with Crippen LogP contribution >= 0.6 is 7.60 Å². The Kier molecular flexibility index (Phi) is 6.47. The summed E-state index contributed by atoms with van der Waals surface area (Å²) >= 11 is 0. The van der Waals surface area contributed by atoms with Crippen molar-refractivity contribution in [2.24, 2.45) is 0 Å². The lowest BCUT2D eigenvalue weighted by Gasteiger charge is -2.26. The number of fused-ring (bicyclic) bond motifs is 1. The summed E-state index contributed by atoms with van der Waals surface area (Å²) in [6, 6.07) is 22.5. The van der Waals surface area contributed by atoms with Gasteiger partial charge in [0.2, 0.25) is 0 Å². The van der Waals surface area contributed by atoms with Crippen molar-refractivity contribution in [1.29, 1.82) is 0 Å². The van der Waals surface area contributed by atoms with Crippen LogP contribution in [0.1, 0.15) is 16.9 Å². The van der Waals surface area contributed by atoms with Gasteiger partial charge in [0.15, 0.2) is 5.78 Å². The van der Waals surface area contributed by atoms with Gasteiger partial charge in [-0.25, -0.2) is 4.79 Å². The molecular formula is C21H22NO5P. The number of amides is 1. The molecule has 3 aromatic rings. The summed E-state index contributed by atoms with van der Waals surface area (Å²) in [6.45, 7) is 0.0964. The Labute approximate surface area is 164 Å². The molecule has 0 spiro atoms. The number of alkyl carbamates (subject to hydrolysis) is 1. The van der Waals surface area contributed by atoms with Crippen LogP contribution in [0.2, 0.25) is 0 Å². The first-order valence-corrected chi connectivity index (χ1v) is 10.3. The number of carbonyl (C=O) groups excluding carboxylic acids is 1. The third kappa shape index (κ3) is 4.42. The molecule has 1 amide bonds. The van der Waals surface area contributed by atoms with Crippen LogP contribution in [-0.2, 0) is 25.0 Å². The van der Waals surface area contributed by atoms with Gasteiger partial charge in [0.05, 0.1) is 0 Å². The van der Waals surface area contributed by atoms with Crippen LogP contribution in [-0.4, -0.2) is 20.3 Å². The quantitative estimate of drug-likeness (QED) is 0.549. The Morgan fingerprint density at radius 2 is 1.57 bits per heavy atom. The minimum atomic E-state index is -3.68. The second-order valence-corrected chi connectivity index (χ2v) is 8.41. The van der Waals surface area contributed by atoms with Gasteiger partial charge < -0.3 is 19.1 Å². The summed E-state index contributed by atoms with van der Waals surface area (Å²) in [4.78, 5) is 12.4. The van der Waals surface area contributed by atoms with E-state index in [1.807, 2.05) is 66.7 Å². The summed E-state index contributed by atoms with van der Waals surface area (Å²) in [5.74, 6) is -1.02. The highest BCUT2D eigenvalue weighted by Crippen LogP contribution is 2.59. The van der Waals surface area contributed by atoms with Gasteiger partial charge in [-0.05, 0) is 21.9 Å². The van der Waals surface area contributed by atoms with Crippen molar-refractivity contribution in [3.63, 3.8) is 0 Å². The van der Waals surface area contributed by atoms with Crippen LogP contribution in [0.4, 0.5) is 4.79 Å². The van der Waals surface area contributed by atoms with Crippen LogP contribution in [0.15, 0.2) is 72.8 Å². The lowest BCUT2D eigenvalue weighted by atomic mass is 10.0. The molecule has 3 aromatic carbocycles. The van der Waals surface area contributed by atoms with E-state index in [2.05, 4.69) is 5.32 Å². The van der Waals surface area contributed by atoms with Crippen molar-refractivity contribution in [2.45, 2.75) is 12.4 Å². The van der Waals surface area contributed by atoms with E-state index >= 15 is 0 Å². The second-order valence-electron chi connectivity index (χ2n) is 6.08. The second kappa shape index (κ2) is 9.02. The molecular weight excluding hydrogens is 377 g/mol. The van der Waals surface area contributed by atoms with E-state index in [0.717, 1.165) is 16.3 Å². The van der Waals surface area contributed by atoms with Crippen molar-refractivity contribution < 1.29 is 23.1 Å². The summed E-state index contributed by atoms with van der Waals surface area (Å²) < 4.78 is 28.8. The Balaban J connectivity index is 1.89. The molecule has 0 fully saturated rings. The van der Waals surface area contributed by atoms with Gasteiger partial charge in [-0.3, -0.25) is 4.57 Å². The number of benzene rings is 3. The van der Waals surface area contributed by atoms with Gasteiger partial charge in [0.25, 0.3) is 0 Å². The molecule has 3 rings (SSSR count). The van der Waals surface area contributed by atoms with Crippen molar-refractivity contribution in [3.05, 3.63) is 83.9 Å². The minimum absolute atomic E-state index is 0.0964. The van der Waals surface area contributed by atoms with E-state index in [1.165, 1.54) is 14.2 Å². The van der Waals surface area contributed by atoms with Crippen LogP contribution in [0.3, 0.4) is 0 Å². The Morgan fingerprint density at radius 1 is 0.929 bits per heavy atom. The highest BCUT2D eigenvalue weighted by atomic mass is 31.2. The predicted molar refractivity (Wildman–Crippen MR) is 108 cm³/mol. The fraction of sp³-hybridized carbons (Fsp3) is 0.190. The topological polar surface area (TPSA) is 73.9 Å². The molecule has 7 heteroatoms. The zero-order valence-electron chi connectivity index (χ0n) is 15.7. The maximum Gasteiger partial charge on any atom is 0.408 e. The molecule has 28 heavy (non-hydrogen) atoms. The zero-order chi connectivity index (χ0) is 20.0. The molecule has 0 bridgehead atoms. The molecule has 1 atom stereocenters. The molecule has 0 aliphatic rings. The Morgan fingerprint density at radius 3 is 2.29 bits per heavy atom. The van der Waals surface area contributed by atoms with Crippen LogP contribution in [0.5, 0.6) is 0 Å². The number of rotatable bonds is 7. The highest BCUT2D eigenvalue weighted by Gasteiger charge is 2.38. The van der Waals surface area contributed by atoms with Crippen LogP contribution in [0.25, 0.3) is 10.8 Å². The smallest absolute Gasteiger partial charge is 0.408 e. The lowest BCUT2D eigenvalue weighted by molar-refractivity contribution is 0.136. The summed E-state index contributed by atoms with van der Waals surface area (Å²) in [7, 11) is -1.10. The first-order chi connectivity index (χ1) is 13.6. The number of hydrogen-bond acceptors (Lipinski definition) is 5. The third-order valence-corrected chi connectivity index (χ3v) is 6.47. The normalized spacial score (nSPS) is 12.5. The maximum atomic E-state index is 13.2. The average molecular weight is 399 g/mol. The number of hydrogen-bond donors (Lipinski definition) is 1. The van der Waals surface area contributed by atoms with Crippen LogP contribution in [0, 0.1) is 0 Å². The first-order valence-electron chi connectivity index (χ1n) is 8.73. The standard InChI is InChI=1S/C21H22NO5P/c1-25-28(24,26-2)20(19-14-8-12-17-11-6-7-13-18(17)19)22-21(23)27-15-16-9-4-3-5-10-16/h3-14,20H,15H2,1-2H3,(H,22,23). The van der Waals surface area contributed by atoms with E-state index < -0.39 is 19.5 Å². The van der Waals surface area contributed by atoms with E-state index in [-0.39, 0.29) is 6.61 Å². The minimum Gasteiger partial charge on any atom is -0.445 e. The fourth-order valence-electron chi connectivity index (χ4n) is 2.98. The number of ether oxygens (including phenoxy) is 1. The SMILES string of the molecule is COP(=O)(OC)C(NC(=O)OCc1ccccc1)c1cccc2ccccc12. The largest absolute Gasteiger partial charge is 0.445 e. The summed E-state index contributed by atoms with van der Waals surface area (Å²) in [5, 5.41) is 4.45. The molecule has 0 heterocycles. The van der Waals surface area contributed by atoms with E-state index in [1.54, 1.807) is 6.07 Å². The zero-order valence-corrected chi connectivity index (χ0v) is 16.6. The average Bonchev–Trinajstić information content (AvgIpc) is 2.76. The molecule has 0 saturated heterocycles. The first kappa shape index (κ1) is 20.1. The molecule has 1 unspecified atom stereocenters. The Bertz CT molecular complexity index is 979. The van der Waals surface area contributed by atoms with Gasteiger partial charge >= 0.3 is 13.7 Å². The monoisotopic (exact) mass is 399 g/mol. The van der Waals surface area contributed by atoms with E-state index in [4.69, 9.17) is 13.8 Å². The van der Waals surface area contributed by atoms with Crippen molar-refractivity contribution in [2.75, 3.05) is 14.2 Å². The predicted octanol–water partition coefficient (Wildman–Crippen LogP) is 5.25. The van der Waals surface area contributed by atoms with Gasteiger partial charge in [-0.2, -0.15) is 0 Å². The van der Waals surface area contributed by atoms with E-state index in [0.29, 0.717) is 5.56 Å². The summed E-state index contributed by atoms with van der Waals surface area (Å²) in [5.41, 5.74) is 1.47. The Hall–Kier alpha value is -2.66. The number of carbonyl (C=O) groups is 1. The van der Waals surface area contributed by atoms with Crippen molar-refractivity contribution in [3.8, 4) is 0 Å². The maximum absolute atomic E-state index is 13.2. The van der Waals surface area contributed by atoms with Gasteiger partial charge in [-0.1, -0.05) is 72.8 Å².